The number of esters is 1. The first-order chi connectivity index (χ1) is 16.9. The van der Waals surface area contributed by atoms with Crippen LogP contribution in [0.4, 0.5) is 11.4 Å². The molecule has 0 spiro atoms. The van der Waals surface area contributed by atoms with Crippen LogP contribution in [-0.2, 0) is 20.9 Å². The fourth-order valence-electron chi connectivity index (χ4n) is 4.02. The Morgan fingerprint density at radius 1 is 1.00 bits per heavy atom. The Bertz CT molecular complexity index is 1300. The van der Waals surface area contributed by atoms with Gasteiger partial charge in [-0.15, -0.1) is 0 Å². The van der Waals surface area contributed by atoms with Gasteiger partial charge in [-0.25, -0.2) is 4.79 Å². The fraction of sp³-hybridized carbons (Fsp3) is 0.148. The summed E-state index contributed by atoms with van der Waals surface area (Å²) in [5.74, 6) is -1.11. The van der Waals surface area contributed by atoms with Gasteiger partial charge in [-0.3, -0.25) is 14.5 Å². The van der Waals surface area contributed by atoms with Crippen LogP contribution in [0.15, 0.2) is 72.8 Å². The van der Waals surface area contributed by atoms with Crippen molar-refractivity contribution in [2.75, 3.05) is 31.3 Å². The van der Waals surface area contributed by atoms with Crippen LogP contribution in [0, 0.1) is 0 Å². The second-order valence-electron chi connectivity index (χ2n) is 8.28. The van der Waals surface area contributed by atoms with Crippen LogP contribution >= 0.6 is 0 Å². The summed E-state index contributed by atoms with van der Waals surface area (Å²) < 4.78 is 4.80. The van der Waals surface area contributed by atoms with Gasteiger partial charge in [0.2, 0.25) is 5.91 Å². The van der Waals surface area contributed by atoms with Crippen molar-refractivity contribution in [2.45, 2.75) is 6.54 Å². The van der Waals surface area contributed by atoms with Crippen LogP contribution in [0.5, 0.6) is 0 Å². The zero-order chi connectivity index (χ0) is 24.9. The van der Waals surface area contributed by atoms with Crippen molar-refractivity contribution >= 4 is 40.4 Å². The third-order valence-corrected chi connectivity index (χ3v) is 5.60. The summed E-state index contributed by atoms with van der Waals surface area (Å²) in [6, 6.07) is 22.3. The third-order valence-electron chi connectivity index (χ3n) is 5.60. The number of nitrogens with zero attached hydrogens (tertiary/aromatic N) is 1. The summed E-state index contributed by atoms with van der Waals surface area (Å²) in [5.41, 5.74) is 10.7. The molecule has 0 saturated carbocycles. The van der Waals surface area contributed by atoms with E-state index in [1.165, 1.54) is 7.11 Å². The highest BCUT2D eigenvalue weighted by Gasteiger charge is 2.29. The molecule has 4 rings (SSSR count). The van der Waals surface area contributed by atoms with E-state index in [1.807, 2.05) is 66.5 Å². The number of carbonyl (C=O) groups is 3. The molecular weight excluding hydrogens is 444 g/mol. The monoisotopic (exact) mass is 470 g/mol. The summed E-state index contributed by atoms with van der Waals surface area (Å²) in [7, 11) is 3.15. The molecular formula is C27H26N4O4. The lowest BCUT2D eigenvalue weighted by Gasteiger charge is -2.17. The van der Waals surface area contributed by atoms with Crippen molar-refractivity contribution in [3.05, 3.63) is 95.1 Å². The molecule has 0 aromatic heterocycles. The van der Waals surface area contributed by atoms with Crippen LogP contribution in [0.3, 0.4) is 0 Å². The van der Waals surface area contributed by atoms with Crippen LogP contribution < -0.4 is 16.4 Å². The lowest BCUT2D eigenvalue weighted by molar-refractivity contribution is -0.119. The van der Waals surface area contributed by atoms with Crippen molar-refractivity contribution < 1.29 is 19.1 Å². The molecule has 0 saturated heterocycles. The average Bonchev–Trinajstić information content (AvgIpc) is 3.17. The van der Waals surface area contributed by atoms with Gasteiger partial charge in [-0.1, -0.05) is 48.5 Å². The first-order valence-corrected chi connectivity index (χ1v) is 11.0. The molecule has 178 valence electrons. The maximum Gasteiger partial charge on any atom is 0.337 e. The minimum atomic E-state index is -0.470. The third kappa shape index (κ3) is 5.39. The lowest BCUT2D eigenvalue weighted by Crippen LogP contribution is -2.30. The predicted molar refractivity (Wildman–Crippen MR) is 135 cm³/mol. The fourth-order valence-corrected chi connectivity index (χ4v) is 4.02. The summed E-state index contributed by atoms with van der Waals surface area (Å²) in [6.07, 6.45) is 0. The summed E-state index contributed by atoms with van der Waals surface area (Å²) in [5, 5.41) is 6.27. The number of rotatable bonds is 8. The second kappa shape index (κ2) is 10.2. The van der Waals surface area contributed by atoms with Gasteiger partial charge in [0.15, 0.2) is 0 Å². The number of ether oxygens (including phenoxy) is 1. The van der Waals surface area contributed by atoms with Crippen LogP contribution in [0.1, 0.15) is 27.0 Å². The van der Waals surface area contributed by atoms with Crippen molar-refractivity contribution in [1.82, 2.24) is 4.90 Å². The van der Waals surface area contributed by atoms with E-state index in [0.29, 0.717) is 34.6 Å². The van der Waals surface area contributed by atoms with Crippen LogP contribution in [0.2, 0.25) is 0 Å². The molecule has 35 heavy (non-hydrogen) atoms. The standard InChI is InChI=1S/C27H26N4O4/c1-31(16-23(28)32)15-17-8-11-20(12-9-17)29-25(18-6-4-3-5-7-18)24-21-13-10-19(27(34)35-2)14-22(21)30-26(24)33/h3-14,29H,15-16H2,1-2H3,(H2,28,32)(H,30,33). The number of likely N-dealkylation sites (N-methyl/N-ethyl adjacent to an activating group) is 1. The quantitative estimate of drug-likeness (QED) is 0.344. The van der Waals surface area contributed by atoms with Gasteiger partial charge in [0, 0.05) is 17.8 Å². The van der Waals surface area contributed by atoms with Crippen molar-refractivity contribution in [3.63, 3.8) is 0 Å². The number of nitrogens with two attached hydrogens (primary N) is 1. The number of hydrogen-bond donors (Lipinski definition) is 3. The number of anilines is 2. The smallest absolute Gasteiger partial charge is 0.337 e. The Labute approximate surface area is 203 Å². The number of methoxy groups -OCH3 is 1. The SMILES string of the molecule is COC(=O)c1ccc2c(c1)NC(=O)C2=C(Nc1ccc(CN(C)CC(N)=O)cc1)c1ccccc1. The molecule has 1 heterocycles. The Kier molecular flexibility index (Phi) is 6.93. The molecule has 0 bridgehead atoms. The number of nitrogens with one attached hydrogen (secondary N) is 2. The first kappa shape index (κ1) is 23.7. The molecule has 0 radical (unpaired) electrons. The molecule has 0 fully saturated rings. The molecule has 0 unspecified atom stereocenters. The molecule has 3 aromatic rings. The first-order valence-electron chi connectivity index (χ1n) is 11.0. The van der Waals surface area contributed by atoms with Crippen molar-refractivity contribution in [3.8, 4) is 0 Å². The van der Waals surface area contributed by atoms with E-state index in [0.717, 1.165) is 16.8 Å². The highest BCUT2D eigenvalue weighted by molar-refractivity contribution is 6.37. The van der Waals surface area contributed by atoms with Gasteiger partial charge in [0.1, 0.15) is 0 Å². The summed E-state index contributed by atoms with van der Waals surface area (Å²) in [6.45, 7) is 0.755. The van der Waals surface area contributed by atoms with Crippen LogP contribution in [0.25, 0.3) is 11.3 Å². The molecule has 4 N–H and O–H groups in total. The van der Waals surface area contributed by atoms with Gasteiger partial charge in [0.05, 0.1) is 36.2 Å². The zero-order valence-corrected chi connectivity index (χ0v) is 19.5. The summed E-state index contributed by atoms with van der Waals surface area (Å²) >= 11 is 0. The lowest BCUT2D eigenvalue weighted by atomic mass is 9.99. The van der Waals surface area contributed by atoms with E-state index in [1.54, 1.807) is 18.2 Å². The largest absolute Gasteiger partial charge is 0.465 e. The van der Waals surface area contributed by atoms with E-state index in [2.05, 4.69) is 10.6 Å². The van der Waals surface area contributed by atoms with Gasteiger partial charge in [-0.2, -0.15) is 0 Å². The maximum absolute atomic E-state index is 13.1. The topological polar surface area (TPSA) is 114 Å². The Hall–Kier alpha value is -4.43. The molecule has 0 atom stereocenters. The van der Waals surface area contributed by atoms with Crippen LogP contribution in [-0.4, -0.2) is 43.4 Å². The molecule has 1 aliphatic rings. The van der Waals surface area contributed by atoms with Gasteiger partial charge in [0.25, 0.3) is 5.91 Å². The predicted octanol–water partition coefficient (Wildman–Crippen LogP) is 3.32. The number of amides is 2. The average molecular weight is 471 g/mol. The van der Waals surface area contributed by atoms with Crippen molar-refractivity contribution in [1.29, 1.82) is 0 Å². The van der Waals surface area contributed by atoms with E-state index in [9.17, 15) is 14.4 Å². The summed E-state index contributed by atoms with van der Waals surface area (Å²) in [4.78, 5) is 38.0. The minimum Gasteiger partial charge on any atom is -0.465 e. The molecule has 0 aliphatic carbocycles. The Morgan fingerprint density at radius 3 is 2.37 bits per heavy atom. The second-order valence-corrected chi connectivity index (χ2v) is 8.28. The number of primary amides is 1. The zero-order valence-electron chi connectivity index (χ0n) is 19.5. The molecule has 8 nitrogen and oxygen atoms in total. The number of hydrogen-bond acceptors (Lipinski definition) is 6. The molecule has 1 aliphatic heterocycles. The van der Waals surface area contributed by atoms with Crippen molar-refractivity contribution in [2.24, 2.45) is 5.73 Å². The number of benzene rings is 3. The molecule has 3 aromatic carbocycles. The molecule has 8 heteroatoms. The highest BCUT2D eigenvalue weighted by Crippen LogP contribution is 2.38. The van der Waals surface area contributed by atoms with E-state index in [4.69, 9.17) is 10.5 Å². The number of carbonyl (C=O) groups excluding carboxylic acids is 3. The van der Waals surface area contributed by atoms with Gasteiger partial charge in [-0.05, 0) is 42.4 Å². The maximum atomic E-state index is 13.1. The molecule has 2 amide bonds. The normalized spacial score (nSPS) is 13.7. The van der Waals surface area contributed by atoms with E-state index < -0.39 is 5.97 Å². The minimum absolute atomic E-state index is 0.177. The van der Waals surface area contributed by atoms with E-state index >= 15 is 0 Å². The number of fused-ring (bicyclic) bond motifs is 1. The highest BCUT2D eigenvalue weighted by atomic mass is 16.5. The Balaban J connectivity index is 1.69. The van der Waals surface area contributed by atoms with Gasteiger partial charge >= 0.3 is 5.97 Å². The van der Waals surface area contributed by atoms with E-state index in [-0.39, 0.29) is 18.4 Å². The van der Waals surface area contributed by atoms with Gasteiger partial charge < -0.3 is 21.1 Å². The Morgan fingerprint density at radius 2 is 1.71 bits per heavy atom.